The Kier molecular flexibility index (Phi) is 5.60. The first-order valence-corrected chi connectivity index (χ1v) is 3.47. The van der Waals surface area contributed by atoms with Gasteiger partial charge in [0.15, 0.2) is 0 Å². The molecule has 0 bridgehead atoms. The minimum absolute atomic E-state index is 0.527. The lowest BCUT2D eigenvalue weighted by Gasteiger charge is -2.03. The number of carbonyl (C=O) groups excluding carboxylic acids is 2. The molecule has 0 aliphatic carbocycles. The Balaban J connectivity index is 3.26. The van der Waals surface area contributed by atoms with Gasteiger partial charge in [-0.15, -0.1) is 0 Å². The van der Waals surface area contributed by atoms with Gasteiger partial charge in [0.2, 0.25) is 12.6 Å². The summed E-state index contributed by atoms with van der Waals surface area (Å²) in [6.07, 6.45) is 5.00. The Morgan fingerprint density at radius 2 is 1.36 bits per heavy atom. The van der Waals surface area contributed by atoms with Crippen molar-refractivity contribution in [2.45, 2.75) is 31.3 Å². The number of nitrogens with two attached hydrogens (primary N) is 2. The van der Waals surface area contributed by atoms with Crippen LogP contribution < -0.4 is 11.5 Å². The van der Waals surface area contributed by atoms with E-state index in [-0.39, 0.29) is 0 Å². The van der Waals surface area contributed by atoms with Crippen molar-refractivity contribution >= 4 is 12.6 Å². The molecular weight excluding hydrogens is 144 g/mol. The van der Waals surface area contributed by atoms with E-state index < -0.39 is 12.1 Å². The Morgan fingerprint density at radius 1 is 1.00 bits per heavy atom. The van der Waals surface area contributed by atoms with Crippen LogP contribution in [0.4, 0.5) is 0 Å². The van der Waals surface area contributed by atoms with Gasteiger partial charge in [0, 0.05) is 0 Å². The highest BCUT2D eigenvalue weighted by Crippen LogP contribution is 1.98. The fourth-order valence-electron chi connectivity index (χ4n) is 0.676. The van der Waals surface area contributed by atoms with E-state index in [4.69, 9.17) is 11.5 Å². The summed E-state index contributed by atoms with van der Waals surface area (Å²) in [4.78, 5) is 19.8. The van der Waals surface area contributed by atoms with Crippen LogP contribution in [0.3, 0.4) is 0 Å². The van der Waals surface area contributed by atoms with Crippen molar-refractivity contribution in [3.63, 3.8) is 0 Å². The zero-order valence-electron chi connectivity index (χ0n) is 6.25. The molecule has 0 saturated heterocycles. The average Bonchev–Trinajstić information content (AvgIpc) is 2.04. The van der Waals surface area contributed by atoms with Crippen molar-refractivity contribution in [1.29, 1.82) is 0 Å². The van der Waals surface area contributed by atoms with Crippen molar-refractivity contribution in [3.05, 3.63) is 0 Å². The lowest BCUT2D eigenvalue weighted by molar-refractivity contribution is 0.515. The molecule has 0 aromatic carbocycles. The molecule has 4 nitrogen and oxygen atoms in total. The van der Waals surface area contributed by atoms with Gasteiger partial charge >= 0.3 is 0 Å². The van der Waals surface area contributed by atoms with Crippen LogP contribution in [0, 0.1) is 0 Å². The van der Waals surface area contributed by atoms with Crippen LogP contribution in [0.25, 0.3) is 0 Å². The first-order valence-electron chi connectivity index (χ1n) is 3.47. The largest absolute Gasteiger partial charge is 0.321 e. The molecule has 4 N–H and O–H groups in total. The van der Waals surface area contributed by atoms with E-state index in [1.807, 2.05) is 0 Å². The van der Waals surface area contributed by atoms with Crippen LogP contribution in [0.5, 0.6) is 0 Å². The lowest BCUT2D eigenvalue weighted by Crippen LogP contribution is -2.24. The summed E-state index contributed by atoms with van der Waals surface area (Å²) < 4.78 is 0. The van der Waals surface area contributed by atoms with Gasteiger partial charge in [0.05, 0.1) is 12.1 Å². The van der Waals surface area contributed by atoms with Gasteiger partial charge in [-0.1, -0.05) is 0 Å². The summed E-state index contributed by atoms with van der Waals surface area (Å²) in [6, 6.07) is -1.09. The van der Waals surface area contributed by atoms with Gasteiger partial charge in [-0.2, -0.15) is 0 Å². The number of hydrogen-bond donors (Lipinski definition) is 2. The summed E-state index contributed by atoms with van der Waals surface area (Å²) in [6.45, 7) is 0. The van der Waals surface area contributed by atoms with Crippen molar-refractivity contribution in [1.82, 2.24) is 0 Å². The molecule has 0 aliphatic rings. The van der Waals surface area contributed by atoms with E-state index in [1.165, 1.54) is 0 Å². The zero-order valence-corrected chi connectivity index (χ0v) is 6.25. The fourth-order valence-corrected chi connectivity index (χ4v) is 0.676. The van der Waals surface area contributed by atoms with Crippen LogP contribution in [-0.2, 0) is 9.59 Å². The third-order valence-electron chi connectivity index (χ3n) is 1.33. The molecular formula is C7H12N2O2. The second-order valence-corrected chi connectivity index (χ2v) is 2.38. The first kappa shape index (κ1) is 10.3. The van der Waals surface area contributed by atoms with Gasteiger partial charge in [-0.3, -0.25) is 9.59 Å². The normalized spacial score (nSPS) is 15.5. The van der Waals surface area contributed by atoms with Gasteiger partial charge in [-0.05, 0) is 19.3 Å². The minimum Gasteiger partial charge on any atom is -0.321 e. The Morgan fingerprint density at radius 3 is 1.64 bits per heavy atom. The molecule has 0 aromatic rings. The van der Waals surface area contributed by atoms with E-state index in [0.29, 0.717) is 19.3 Å². The second-order valence-electron chi connectivity index (χ2n) is 2.38. The van der Waals surface area contributed by atoms with Crippen LogP contribution >= 0.6 is 0 Å². The summed E-state index contributed by atoms with van der Waals surface area (Å²) in [7, 11) is 0. The molecule has 0 unspecified atom stereocenters. The highest BCUT2D eigenvalue weighted by atomic mass is 16.1. The van der Waals surface area contributed by atoms with Gasteiger partial charge in [0.1, 0.15) is 0 Å². The second kappa shape index (κ2) is 6.00. The van der Waals surface area contributed by atoms with E-state index >= 15 is 0 Å². The quantitative estimate of drug-likeness (QED) is 0.518. The molecule has 0 spiro atoms. The maximum atomic E-state index is 9.89. The molecule has 2 radical (unpaired) electrons. The van der Waals surface area contributed by atoms with Crippen LogP contribution in [-0.4, -0.2) is 24.7 Å². The Bertz CT molecular complexity index is 114. The van der Waals surface area contributed by atoms with E-state index in [9.17, 15) is 9.59 Å². The van der Waals surface area contributed by atoms with Crippen molar-refractivity contribution in [2.75, 3.05) is 0 Å². The van der Waals surface area contributed by atoms with Gasteiger partial charge < -0.3 is 11.5 Å². The Labute approximate surface area is 65.9 Å². The molecule has 62 valence electrons. The maximum Gasteiger partial charge on any atom is 0.216 e. The molecule has 0 rings (SSSR count). The molecule has 2 atom stereocenters. The molecule has 11 heavy (non-hydrogen) atoms. The molecule has 0 aliphatic heterocycles. The number of rotatable bonds is 6. The number of hydrogen-bond acceptors (Lipinski definition) is 4. The first-order chi connectivity index (χ1) is 5.20. The SMILES string of the molecule is N[C@H]([C]=O)CCC[C@@H](N)[C]=O. The zero-order chi connectivity index (χ0) is 8.69. The predicted molar refractivity (Wildman–Crippen MR) is 41.2 cm³/mol. The molecule has 0 amide bonds. The monoisotopic (exact) mass is 156 g/mol. The fraction of sp³-hybridized carbons (Fsp3) is 0.714. The molecule has 0 heterocycles. The summed E-state index contributed by atoms with van der Waals surface area (Å²) in [5.74, 6) is 0. The average molecular weight is 156 g/mol. The minimum atomic E-state index is -0.547. The standard InChI is InChI=1S/C7H12N2O2/c8-6(4-10)2-1-3-7(9)5-11/h6-7H,1-3,8-9H2/t6-,7+. The van der Waals surface area contributed by atoms with Gasteiger partial charge in [-0.25, -0.2) is 0 Å². The molecule has 4 heteroatoms. The van der Waals surface area contributed by atoms with E-state index in [0.717, 1.165) is 0 Å². The van der Waals surface area contributed by atoms with Gasteiger partial charge in [0.25, 0.3) is 0 Å². The molecule has 0 fully saturated rings. The third kappa shape index (κ3) is 5.69. The maximum absolute atomic E-state index is 9.89. The predicted octanol–water partition coefficient (Wildman–Crippen LogP) is -0.969. The van der Waals surface area contributed by atoms with E-state index in [2.05, 4.69) is 0 Å². The molecule has 0 saturated carbocycles. The van der Waals surface area contributed by atoms with Crippen molar-refractivity contribution in [3.8, 4) is 0 Å². The third-order valence-corrected chi connectivity index (χ3v) is 1.33. The van der Waals surface area contributed by atoms with Crippen molar-refractivity contribution < 1.29 is 9.59 Å². The smallest absolute Gasteiger partial charge is 0.216 e. The van der Waals surface area contributed by atoms with E-state index in [1.54, 1.807) is 12.6 Å². The van der Waals surface area contributed by atoms with Crippen LogP contribution in [0.15, 0.2) is 0 Å². The highest BCUT2D eigenvalue weighted by molar-refractivity contribution is 5.58. The summed E-state index contributed by atoms with van der Waals surface area (Å²) in [5, 5.41) is 0. The van der Waals surface area contributed by atoms with Crippen LogP contribution in [0.2, 0.25) is 0 Å². The van der Waals surface area contributed by atoms with Crippen LogP contribution in [0.1, 0.15) is 19.3 Å². The summed E-state index contributed by atoms with van der Waals surface area (Å²) in [5.41, 5.74) is 10.5. The van der Waals surface area contributed by atoms with Crippen molar-refractivity contribution in [2.24, 2.45) is 11.5 Å². The lowest BCUT2D eigenvalue weighted by atomic mass is 10.1. The Hall–Kier alpha value is -0.740. The summed E-state index contributed by atoms with van der Waals surface area (Å²) >= 11 is 0. The molecule has 0 aromatic heterocycles. The topological polar surface area (TPSA) is 86.2 Å². The highest BCUT2D eigenvalue weighted by Gasteiger charge is 2.04.